The Bertz CT molecular complexity index is 2850. The molecule has 9 nitrogen and oxygen atoms in total. The van der Waals surface area contributed by atoms with Gasteiger partial charge in [0.1, 0.15) is 0 Å². The summed E-state index contributed by atoms with van der Waals surface area (Å²) in [6, 6.07) is 33.7. The third-order valence-corrected chi connectivity index (χ3v) is 15.4. The predicted octanol–water partition coefficient (Wildman–Crippen LogP) is 11.0. The molecule has 1 unspecified atom stereocenters. The molecule has 62 heavy (non-hydrogen) atoms. The first-order chi connectivity index (χ1) is 29.7. The van der Waals surface area contributed by atoms with E-state index in [-0.39, 0.29) is 23.0 Å². The van der Waals surface area contributed by atoms with Crippen LogP contribution in [0.25, 0.3) is 21.5 Å². The number of thioether (sulfide) groups is 1. The summed E-state index contributed by atoms with van der Waals surface area (Å²) in [6.07, 6.45) is 14.8. The third-order valence-electron chi connectivity index (χ3n) is 12.5. The molecule has 5 aromatic carbocycles. The van der Waals surface area contributed by atoms with Crippen LogP contribution in [0.3, 0.4) is 0 Å². The molecule has 2 aliphatic heterocycles. The van der Waals surface area contributed by atoms with Crippen molar-refractivity contribution >= 4 is 70.6 Å². The Morgan fingerprint density at radius 3 is 2.06 bits per heavy atom. The average molecular weight is 890 g/mol. The number of anilines is 3. The fourth-order valence-electron chi connectivity index (χ4n) is 9.57. The van der Waals surface area contributed by atoms with Gasteiger partial charge in [-0.05, 0) is 138 Å². The van der Waals surface area contributed by atoms with Crippen molar-refractivity contribution in [3.05, 3.63) is 154 Å². The van der Waals surface area contributed by atoms with Crippen LogP contribution in [0.5, 0.6) is 0 Å². The molecule has 12 heteroatoms. The molecule has 0 amide bonds. The van der Waals surface area contributed by atoms with Gasteiger partial charge < -0.3 is 15.5 Å². The van der Waals surface area contributed by atoms with Crippen LogP contribution in [-0.2, 0) is 32.1 Å². The fourth-order valence-corrected chi connectivity index (χ4v) is 11.8. The van der Waals surface area contributed by atoms with E-state index >= 15 is 0 Å². The van der Waals surface area contributed by atoms with Crippen LogP contribution in [0.1, 0.15) is 69.9 Å². The highest BCUT2D eigenvalue weighted by molar-refractivity contribution is 8.03. The minimum absolute atomic E-state index is 0.0651. The zero-order valence-corrected chi connectivity index (χ0v) is 37.8. The molecule has 5 aromatic rings. The Balaban J connectivity index is 1.17. The van der Waals surface area contributed by atoms with E-state index in [4.69, 9.17) is 5.73 Å². The zero-order valence-electron chi connectivity index (χ0n) is 35.3. The number of nitrogens with two attached hydrogens (primary N) is 1. The van der Waals surface area contributed by atoms with E-state index in [0.29, 0.717) is 44.5 Å². The lowest BCUT2D eigenvalue weighted by atomic mass is 9.81. The van der Waals surface area contributed by atoms with Crippen LogP contribution >= 0.6 is 11.8 Å². The third kappa shape index (κ3) is 9.70. The summed E-state index contributed by atoms with van der Waals surface area (Å²) in [6.45, 7) is 5.82. The molecular formula is C50H55N3O6S3. The van der Waals surface area contributed by atoms with Crippen LogP contribution in [0, 0.1) is 0 Å². The van der Waals surface area contributed by atoms with E-state index in [1.807, 2.05) is 12.1 Å². The Hall–Kier alpha value is -4.85. The molecule has 1 aliphatic carbocycles. The van der Waals surface area contributed by atoms with E-state index in [0.717, 1.165) is 42.0 Å². The van der Waals surface area contributed by atoms with Gasteiger partial charge in [-0.3, -0.25) is 9.11 Å². The lowest BCUT2D eigenvalue weighted by Gasteiger charge is -2.28. The molecule has 0 spiro atoms. The summed E-state index contributed by atoms with van der Waals surface area (Å²) in [4.78, 5) is 7.05. The van der Waals surface area contributed by atoms with Crippen molar-refractivity contribution in [2.75, 3.05) is 40.1 Å². The Labute approximate surface area is 370 Å². The smallest absolute Gasteiger partial charge is 0.264 e. The van der Waals surface area contributed by atoms with Gasteiger partial charge in [-0.15, -0.1) is 0 Å². The molecule has 1 atom stereocenters. The van der Waals surface area contributed by atoms with Gasteiger partial charge in [0.15, 0.2) is 0 Å². The Morgan fingerprint density at radius 2 is 1.37 bits per heavy atom. The Morgan fingerprint density at radius 1 is 0.742 bits per heavy atom. The minimum Gasteiger partial charge on any atom is -0.399 e. The summed E-state index contributed by atoms with van der Waals surface area (Å²) in [7, 11) is -8.08. The molecule has 0 bridgehead atoms. The van der Waals surface area contributed by atoms with Gasteiger partial charge in [0, 0.05) is 51.1 Å². The molecule has 0 radical (unpaired) electrons. The number of hydrogen-bond acceptors (Lipinski definition) is 8. The van der Waals surface area contributed by atoms with E-state index in [1.165, 1.54) is 54.4 Å². The molecule has 0 saturated carbocycles. The normalized spacial score (nSPS) is 19.1. The summed E-state index contributed by atoms with van der Waals surface area (Å²) in [5.74, 6) is -0.512. The number of nitrogen functional groups attached to an aromatic ring is 1. The standard InChI is InChI=1S/C50H55N3O6S3/c1-50(2)47(53(31-8-10-33-62(57,58)59)46-28-20-36-13-4-6-17-43(36)48(46)50)29-21-38-15-11-14-37(49(38)60-41-25-22-39(51)23-26-41)18-24-40-34-44-42-16-5-3-12-35(42)19-27-45(44)52(40)30-7-9-32-61(54,55)56/h3-6,12-13,16-29,40H,7-11,14-15,30-34,51H2,1-2H3,(H,54,55,56)(H,57,58,59)/b24-18+,38-21+,47-29+. The zero-order chi connectivity index (χ0) is 43.6. The Kier molecular flexibility index (Phi) is 12.8. The van der Waals surface area contributed by atoms with Crippen molar-refractivity contribution < 1.29 is 25.9 Å². The van der Waals surface area contributed by atoms with Crippen molar-refractivity contribution in [3.63, 3.8) is 0 Å². The van der Waals surface area contributed by atoms with E-state index in [1.54, 1.807) is 11.8 Å². The first kappa shape index (κ1) is 43.8. The highest BCUT2D eigenvalue weighted by Crippen LogP contribution is 2.51. The molecule has 2 heterocycles. The second-order valence-electron chi connectivity index (χ2n) is 17.2. The van der Waals surface area contributed by atoms with Crippen LogP contribution in [0.2, 0.25) is 0 Å². The number of hydrogen-bond donors (Lipinski definition) is 3. The van der Waals surface area contributed by atoms with Crippen molar-refractivity contribution in [2.45, 2.75) is 81.6 Å². The molecule has 324 valence electrons. The number of benzene rings is 5. The number of unbranched alkanes of at least 4 members (excludes halogenated alkanes) is 2. The van der Waals surface area contributed by atoms with Gasteiger partial charge in [0.05, 0.1) is 17.5 Å². The SMILES string of the molecule is CC1(C)/C(=C\C=C2/CCCC(/C=C/C3Cc4c(ccc5ccccc45)N3CCCCS(=O)(=O)O)=C2Sc2ccc(N)cc2)N(CCCCS(=O)(=O)O)c2ccc3ccccc3c21. The summed E-state index contributed by atoms with van der Waals surface area (Å²) in [5, 5.41) is 4.81. The van der Waals surface area contributed by atoms with Crippen molar-refractivity contribution in [3.8, 4) is 0 Å². The number of rotatable bonds is 15. The first-order valence-electron chi connectivity index (χ1n) is 21.5. The van der Waals surface area contributed by atoms with Gasteiger partial charge in [0.25, 0.3) is 20.2 Å². The highest BCUT2D eigenvalue weighted by Gasteiger charge is 2.41. The maximum atomic E-state index is 11.6. The van der Waals surface area contributed by atoms with E-state index in [9.17, 15) is 25.9 Å². The van der Waals surface area contributed by atoms with Crippen LogP contribution in [0.15, 0.2) is 148 Å². The van der Waals surface area contributed by atoms with E-state index in [2.05, 4.69) is 133 Å². The van der Waals surface area contributed by atoms with Crippen LogP contribution in [0.4, 0.5) is 17.1 Å². The molecule has 0 fully saturated rings. The van der Waals surface area contributed by atoms with Crippen LogP contribution < -0.4 is 15.5 Å². The summed E-state index contributed by atoms with van der Waals surface area (Å²) >= 11 is 1.76. The predicted molar refractivity (Wildman–Crippen MR) is 257 cm³/mol. The lowest BCUT2D eigenvalue weighted by molar-refractivity contribution is 0.477. The monoisotopic (exact) mass is 889 g/mol. The topological polar surface area (TPSA) is 141 Å². The second-order valence-corrected chi connectivity index (χ2v) is 21.4. The molecule has 0 saturated heterocycles. The molecule has 0 aromatic heterocycles. The fraction of sp³-hybridized carbons (Fsp3) is 0.320. The second kappa shape index (κ2) is 18.1. The van der Waals surface area contributed by atoms with Gasteiger partial charge in [-0.1, -0.05) is 105 Å². The van der Waals surface area contributed by atoms with Gasteiger partial charge >= 0.3 is 0 Å². The number of nitrogens with zero attached hydrogens (tertiary/aromatic N) is 2. The average Bonchev–Trinajstić information content (AvgIpc) is 3.70. The van der Waals surface area contributed by atoms with Crippen LogP contribution in [-0.4, -0.2) is 56.6 Å². The van der Waals surface area contributed by atoms with E-state index < -0.39 is 20.2 Å². The largest absolute Gasteiger partial charge is 0.399 e. The van der Waals surface area contributed by atoms with Crippen molar-refractivity contribution in [1.82, 2.24) is 0 Å². The number of allylic oxidation sites excluding steroid dienone is 6. The molecular weight excluding hydrogens is 835 g/mol. The summed E-state index contributed by atoms with van der Waals surface area (Å²) < 4.78 is 65.2. The molecule has 4 N–H and O–H groups in total. The first-order valence-corrected chi connectivity index (χ1v) is 25.5. The summed E-state index contributed by atoms with van der Waals surface area (Å²) in [5.41, 5.74) is 15.0. The quantitative estimate of drug-likeness (QED) is 0.0528. The highest BCUT2D eigenvalue weighted by atomic mass is 32.2. The number of fused-ring (bicyclic) bond motifs is 6. The maximum absolute atomic E-state index is 11.6. The van der Waals surface area contributed by atoms with Gasteiger partial charge in [-0.2, -0.15) is 16.8 Å². The minimum atomic E-state index is -4.05. The maximum Gasteiger partial charge on any atom is 0.264 e. The van der Waals surface area contributed by atoms with Crippen molar-refractivity contribution in [1.29, 1.82) is 0 Å². The van der Waals surface area contributed by atoms with Gasteiger partial charge in [0.2, 0.25) is 0 Å². The van der Waals surface area contributed by atoms with Crippen molar-refractivity contribution in [2.24, 2.45) is 0 Å². The molecule has 8 rings (SSSR count). The lowest BCUT2D eigenvalue weighted by Crippen LogP contribution is -2.31. The van der Waals surface area contributed by atoms with Gasteiger partial charge in [-0.25, -0.2) is 0 Å². The molecule has 3 aliphatic rings.